The Bertz CT molecular complexity index is 1490. The second-order valence-electron chi connectivity index (χ2n) is 11.9. The number of fused-ring (bicyclic) bond motifs is 1. The molecule has 254 valence electrons. The van der Waals surface area contributed by atoms with Crippen LogP contribution in [0.25, 0.3) is 17.2 Å². The fraction of sp³-hybridized carbons (Fsp3) is 0.421. The van der Waals surface area contributed by atoms with Gasteiger partial charge in [-0.2, -0.15) is 0 Å². The number of carbonyl (C=O) groups excluding carboxylic acids is 1. The largest absolute Gasteiger partial charge is 0.497 e. The average molecular weight is 651 g/mol. The molecule has 0 unspecified atom stereocenters. The number of benzene rings is 3. The van der Waals surface area contributed by atoms with Gasteiger partial charge in [0, 0.05) is 55.3 Å². The maximum atomic E-state index is 14.7. The zero-order valence-electron chi connectivity index (χ0n) is 28.2. The molecule has 0 aromatic heterocycles. The number of methoxy groups -OCH3 is 1. The van der Waals surface area contributed by atoms with Gasteiger partial charge in [-0.05, 0) is 78.8 Å². The third-order valence-electron chi connectivity index (χ3n) is 8.21. The van der Waals surface area contributed by atoms with Crippen molar-refractivity contribution in [1.82, 2.24) is 0 Å². The molecule has 7 nitrogen and oxygen atoms in total. The van der Waals surface area contributed by atoms with Gasteiger partial charge < -0.3 is 24.4 Å². The Labute approximate surface area is 277 Å². The van der Waals surface area contributed by atoms with E-state index in [-0.39, 0.29) is 12.0 Å². The summed E-state index contributed by atoms with van der Waals surface area (Å²) in [6, 6.07) is 14.9. The number of halogens is 2. The van der Waals surface area contributed by atoms with Crippen LogP contribution in [-0.4, -0.2) is 52.2 Å². The Morgan fingerprint density at radius 1 is 0.979 bits per heavy atom. The summed E-state index contributed by atoms with van der Waals surface area (Å²) in [6.07, 6.45) is 8.84. The number of alkyl halides is 2. The smallest absolute Gasteiger partial charge is 0.290 e. The molecule has 0 saturated carbocycles. The van der Waals surface area contributed by atoms with Gasteiger partial charge in [-0.25, -0.2) is 8.78 Å². The minimum absolute atomic E-state index is 0.00621. The molecule has 1 heterocycles. The summed E-state index contributed by atoms with van der Waals surface area (Å²) in [4.78, 5) is 24.0. The number of ether oxygens (including phenoxy) is 2. The molecule has 0 fully saturated rings. The maximum Gasteiger partial charge on any atom is 0.290 e. The van der Waals surface area contributed by atoms with Crippen LogP contribution in [-0.2, 0) is 16.0 Å². The van der Waals surface area contributed by atoms with Gasteiger partial charge in [0.1, 0.15) is 17.8 Å². The highest BCUT2D eigenvalue weighted by Gasteiger charge is 2.27. The van der Waals surface area contributed by atoms with Crippen LogP contribution in [0, 0.1) is 0 Å². The first kappa shape index (κ1) is 37.1. The number of carboxylic acid groups (broad SMARTS) is 1. The van der Waals surface area contributed by atoms with Gasteiger partial charge >= 0.3 is 0 Å². The molecule has 3 aromatic rings. The lowest BCUT2D eigenvalue weighted by molar-refractivity contribution is -0.122. The summed E-state index contributed by atoms with van der Waals surface area (Å²) in [5.41, 5.74) is 6.14. The third kappa shape index (κ3) is 10.0. The minimum Gasteiger partial charge on any atom is -0.497 e. The number of allylic oxidation sites excluding steroid dienone is 1. The quantitative estimate of drug-likeness (QED) is 0.0997. The summed E-state index contributed by atoms with van der Waals surface area (Å²) in [5.74, 6) is 1.41. The van der Waals surface area contributed by atoms with Gasteiger partial charge in [0.25, 0.3) is 12.9 Å². The lowest BCUT2D eigenvalue weighted by Crippen LogP contribution is -2.26. The number of aryl methyl sites for hydroxylation is 1. The van der Waals surface area contributed by atoms with E-state index in [9.17, 15) is 13.6 Å². The van der Waals surface area contributed by atoms with E-state index in [0.29, 0.717) is 30.0 Å². The second kappa shape index (κ2) is 18.7. The van der Waals surface area contributed by atoms with Crippen LogP contribution in [0.5, 0.6) is 11.5 Å². The maximum absolute atomic E-state index is 14.7. The number of hydrogen-bond acceptors (Lipinski definition) is 6. The molecule has 47 heavy (non-hydrogen) atoms. The molecular weight excluding hydrogens is 602 g/mol. The normalized spacial score (nSPS) is 12.6. The van der Waals surface area contributed by atoms with E-state index >= 15 is 0 Å². The van der Waals surface area contributed by atoms with Gasteiger partial charge in [-0.15, -0.1) is 0 Å². The average Bonchev–Trinajstić information content (AvgIpc) is 3.07. The summed E-state index contributed by atoms with van der Waals surface area (Å²) in [6.45, 7) is 5.04. The summed E-state index contributed by atoms with van der Waals surface area (Å²) >= 11 is 0. The molecule has 9 heteroatoms. The summed E-state index contributed by atoms with van der Waals surface area (Å²) in [5, 5.41) is 6.89. The molecule has 0 amide bonds. The van der Waals surface area contributed by atoms with E-state index in [4.69, 9.17) is 19.4 Å². The van der Waals surface area contributed by atoms with Crippen molar-refractivity contribution in [1.29, 1.82) is 0 Å². The molecule has 0 saturated heterocycles. The van der Waals surface area contributed by atoms with Crippen LogP contribution < -0.4 is 19.3 Å². The Morgan fingerprint density at radius 2 is 1.66 bits per heavy atom. The summed E-state index contributed by atoms with van der Waals surface area (Å²) in [7, 11) is 5.48. The Kier molecular flexibility index (Phi) is 14.7. The highest BCUT2D eigenvalue weighted by atomic mass is 19.3. The second-order valence-corrected chi connectivity index (χ2v) is 11.9. The lowest BCUT2D eigenvalue weighted by Gasteiger charge is -2.35. The van der Waals surface area contributed by atoms with Crippen LogP contribution in [0.1, 0.15) is 81.9 Å². The fourth-order valence-corrected chi connectivity index (χ4v) is 5.85. The Morgan fingerprint density at radius 3 is 2.28 bits per heavy atom. The highest BCUT2D eigenvalue weighted by Crippen LogP contribution is 2.45. The molecule has 1 N–H and O–H groups in total. The molecule has 0 bridgehead atoms. The number of anilines is 3. The van der Waals surface area contributed by atoms with Crippen LogP contribution in [0.4, 0.5) is 25.8 Å². The number of hydrogen-bond donors (Lipinski definition) is 1. The van der Waals surface area contributed by atoms with E-state index < -0.39 is 6.43 Å². The van der Waals surface area contributed by atoms with E-state index in [1.807, 2.05) is 67.5 Å². The van der Waals surface area contributed by atoms with Crippen LogP contribution in [0.3, 0.4) is 0 Å². The van der Waals surface area contributed by atoms with Crippen LogP contribution in [0.15, 0.2) is 54.1 Å². The van der Waals surface area contributed by atoms with Gasteiger partial charge in [0.15, 0.2) is 0 Å². The van der Waals surface area contributed by atoms with Crippen molar-refractivity contribution in [3.05, 3.63) is 70.8 Å². The minimum atomic E-state index is -2.65. The van der Waals surface area contributed by atoms with Crippen molar-refractivity contribution in [3.63, 3.8) is 0 Å². The molecule has 0 radical (unpaired) electrons. The predicted octanol–water partition coefficient (Wildman–Crippen LogP) is 9.49. The van der Waals surface area contributed by atoms with Crippen molar-refractivity contribution in [2.24, 2.45) is 0 Å². The van der Waals surface area contributed by atoms with E-state index in [0.717, 1.165) is 71.5 Å². The van der Waals surface area contributed by atoms with Gasteiger partial charge in [0.2, 0.25) is 0 Å². The molecule has 4 rings (SSSR count). The zero-order chi connectivity index (χ0) is 34.3. The monoisotopic (exact) mass is 650 g/mol. The molecule has 0 atom stereocenters. The van der Waals surface area contributed by atoms with Gasteiger partial charge in [0.05, 0.1) is 19.4 Å². The molecular formula is C38H48F2N2O5. The number of nitrogens with zero attached hydrogens (tertiary/aromatic N) is 2. The van der Waals surface area contributed by atoms with Crippen LogP contribution in [0.2, 0.25) is 0 Å². The third-order valence-corrected chi connectivity index (χ3v) is 8.21. The van der Waals surface area contributed by atoms with Crippen LogP contribution >= 0.6 is 0 Å². The number of unbranched alkanes of at least 4 members (excludes halogenated alkanes) is 5. The first-order chi connectivity index (χ1) is 22.7. The van der Waals surface area contributed by atoms with Crippen molar-refractivity contribution >= 4 is 35.9 Å². The van der Waals surface area contributed by atoms with Crippen molar-refractivity contribution in [2.75, 3.05) is 44.2 Å². The number of carbonyl (C=O) groups is 2. The Hall–Kier alpha value is -4.40. The SMILES string of the molecule is CCCCCCCCOc1ccc(-c2cc3c(cc2C(F)F)N(c2cc(OC)cc(N(C)C)c2/C=C(/C)C=O)CCC3)cc1.O=CO. The first-order valence-corrected chi connectivity index (χ1v) is 16.2. The topological polar surface area (TPSA) is 79.3 Å². The lowest BCUT2D eigenvalue weighted by atomic mass is 9.91. The fourth-order valence-electron chi connectivity index (χ4n) is 5.85. The molecule has 1 aliphatic rings. The zero-order valence-corrected chi connectivity index (χ0v) is 28.2. The number of rotatable bonds is 15. The molecule has 3 aromatic carbocycles. The highest BCUT2D eigenvalue weighted by molar-refractivity contribution is 5.91. The van der Waals surface area contributed by atoms with Crippen molar-refractivity contribution in [2.45, 2.75) is 71.6 Å². The number of aldehydes is 1. The van der Waals surface area contributed by atoms with E-state index in [2.05, 4.69) is 11.8 Å². The Balaban J connectivity index is 0.00000192. The first-order valence-electron chi connectivity index (χ1n) is 16.2. The van der Waals surface area contributed by atoms with Gasteiger partial charge in [-0.1, -0.05) is 51.2 Å². The molecule has 0 aliphatic carbocycles. The predicted molar refractivity (Wildman–Crippen MR) is 187 cm³/mol. The van der Waals surface area contributed by atoms with E-state index in [1.165, 1.54) is 25.7 Å². The standard InChI is InChI=1S/C37H46F2N2O3.CH2O2/c1-6-7-8-9-10-11-19-44-29-16-14-27(15-17-29)31-21-28-13-12-18-41(34(28)24-32(31)37(38)39)36-23-30(43-5)22-35(40(3)4)33(36)20-26(2)25-42;2-1-3/h14-17,20-25,37H,6-13,18-19H2,1-5H3;1H,(H,2,3)/b26-20-;. The van der Waals surface area contributed by atoms with Crippen molar-refractivity contribution < 1.29 is 33.0 Å². The summed E-state index contributed by atoms with van der Waals surface area (Å²) < 4.78 is 40.9. The van der Waals surface area contributed by atoms with Gasteiger partial charge in [-0.3, -0.25) is 9.59 Å². The van der Waals surface area contributed by atoms with E-state index in [1.54, 1.807) is 20.1 Å². The van der Waals surface area contributed by atoms with Crippen molar-refractivity contribution in [3.8, 4) is 22.6 Å². The molecule has 0 spiro atoms. The molecule has 1 aliphatic heterocycles.